The van der Waals surface area contributed by atoms with Crippen molar-refractivity contribution in [2.75, 3.05) is 6.54 Å². The molecule has 3 N–H and O–H groups in total. The van der Waals surface area contributed by atoms with E-state index in [-0.39, 0.29) is 18.1 Å². The Morgan fingerprint density at radius 2 is 1.83 bits per heavy atom. The van der Waals surface area contributed by atoms with Gasteiger partial charge in [0.05, 0.1) is 0 Å². The zero-order valence-corrected chi connectivity index (χ0v) is 19.7. The summed E-state index contributed by atoms with van der Waals surface area (Å²) in [5, 5.41) is 20.1. The van der Waals surface area contributed by atoms with Crippen LogP contribution in [-0.4, -0.2) is 37.4 Å². The molecule has 0 aliphatic rings. The van der Waals surface area contributed by atoms with Gasteiger partial charge in [-0.1, -0.05) is 59.8 Å². The maximum atomic E-state index is 12.1. The van der Waals surface area contributed by atoms with Gasteiger partial charge in [0.15, 0.2) is 11.3 Å². The highest BCUT2D eigenvalue weighted by Gasteiger charge is 2.19. The van der Waals surface area contributed by atoms with Crippen LogP contribution in [0.15, 0.2) is 71.3 Å². The molecular weight excluding hydrogens is 458 g/mol. The van der Waals surface area contributed by atoms with Gasteiger partial charge in [-0.3, -0.25) is 4.79 Å². The van der Waals surface area contributed by atoms with E-state index in [2.05, 4.69) is 62.2 Å². The predicted molar refractivity (Wildman–Crippen MR) is 132 cm³/mol. The second-order valence-electron chi connectivity index (χ2n) is 8.36. The van der Waals surface area contributed by atoms with Crippen molar-refractivity contribution in [3.63, 3.8) is 0 Å². The first-order valence-electron chi connectivity index (χ1n) is 11.5. The summed E-state index contributed by atoms with van der Waals surface area (Å²) in [7, 11) is 0. The monoisotopic (exact) mass is 483 g/mol. The minimum absolute atomic E-state index is 0.0858. The van der Waals surface area contributed by atoms with Gasteiger partial charge in [0.1, 0.15) is 17.9 Å². The molecule has 1 amide bonds. The predicted octanol–water partition coefficient (Wildman–Crippen LogP) is 3.10. The first-order valence-corrected chi connectivity index (χ1v) is 11.5. The summed E-state index contributed by atoms with van der Waals surface area (Å²) in [5.41, 5.74) is 9.88. The van der Waals surface area contributed by atoms with Crippen LogP contribution in [-0.2, 0) is 19.6 Å². The first-order chi connectivity index (χ1) is 17.6. The summed E-state index contributed by atoms with van der Waals surface area (Å²) in [6, 6.07) is 21.6. The molecule has 0 radical (unpaired) electrons. The van der Waals surface area contributed by atoms with Crippen molar-refractivity contribution >= 4 is 11.6 Å². The van der Waals surface area contributed by atoms with E-state index in [0.29, 0.717) is 22.9 Å². The number of nitrogens with two attached hydrogens (primary N) is 1. The van der Waals surface area contributed by atoms with Gasteiger partial charge in [-0.05, 0) is 36.6 Å². The maximum absolute atomic E-state index is 12.1. The Labute approximate surface area is 207 Å². The highest BCUT2D eigenvalue weighted by molar-refractivity contribution is 5.96. The van der Waals surface area contributed by atoms with E-state index >= 15 is 0 Å². The Morgan fingerprint density at radius 1 is 1.03 bits per heavy atom. The van der Waals surface area contributed by atoms with E-state index in [1.807, 2.05) is 18.2 Å². The van der Waals surface area contributed by atoms with Gasteiger partial charge in [-0.2, -0.15) is 4.52 Å². The topological polar surface area (TPSA) is 133 Å². The number of aryl methyl sites for hydroxylation is 1. The summed E-state index contributed by atoms with van der Waals surface area (Å²) in [4.78, 5) is 12.1. The Balaban J connectivity index is 1.28. The van der Waals surface area contributed by atoms with Crippen molar-refractivity contribution in [3.05, 3.63) is 94.7 Å². The van der Waals surface area contributed by atoms with Crippen molar-refractivity contribution in [2.24, 2.45) is 5.73 Å². The van der Waals surface area contributed by atoms with Gasteiger partial charge >= 0.3 is 0 Å². The highest BCUT2D eigenvalue weighted by atomic mass is 16.5. The van der Waals surface area contributed by atoms with E-state index in [1.165, 1.54) is 16.1 Å². The average molecular weight is 484 g/mol. The Hall–Kier alpha value is -4.57. The third kappa shape index (κ3) is 5.23. The van der Waals surface area contributed by atoms with Crippen LogP contribution in [0.25, 0.3) is 17.2 Å². The van der Waals surface area contributed by atoms with Crippen molar-refractivity contribution in [3.8, 4) is 17.4 Å². The number of carbonyl (C=O) groups excluding carboxylic acids is 1. The van der Waals surface area contributed by atoms with Gasteiger partial charge in [0.25, 0.3) is 5.91 Å². The molecule has 0 fully saturated rings. The van der Waals surface area contributed by atoms with E-state index in [1.54, 1.807) is 13.0 Å². The molecule has 3 aromatic heterocycles. The van der Waals surface area contributed by atoms with Gasteiger partial charge in [-0.15, -0.1) is 15.3 Å². The smallest absolute Gasteiger partial charge is 0.254 e. The number of carbonyl (C=O) groups is 1. The van der Waals surface area contributed by atoms with Crippen LogP contribution in [0.4, 0.5) is 0 Å². The lowest BCUT2D eigenvalue weighted by atomic mass is 10.1. The molecule has 0 aliphatic heterocycles. The van der Waals surface area contributed by atoms with Gasteiger partial charge in [0, 0.05) is 18.7 Å². The lowest BCUT2D eigenvalue weighted by Gasteiger charge is -2.11. The second-order valence-corrected chi connectivity index (χ2v) is 8.36. The van der Waals surface area contributed by atoms with Crippen LogP contribution in [0, 0.1) is 6.92 Å². The number of hydrogen-bond acceptors (Lipinski definition) is 8. The molecule has 3 heterocycles. The van der Waals surface area contributed by atoms with Crippen LogP contribution in [0.5, 0.6) is 5.88 Å². The van der Waals surface area contributed by atoms with Crippen molar-refractivity contribution in [1.29, 1.82) is 0 Å². The fraction of sp³-hybridized carbons (Fsp3) is 0.192. The zero-order valence-electron chi connectivity index (χ0n) is 19.7. The summed E-state index contributed by atoms with van der Waals surface area (Å²) < 4.78 is 12.5. The molecule has 2 aromatic carbocycles. The number of nitrogens with one attached hydrogen (secondary N) is 1. The van der Waals surface area contributed by atoms with Crippen LogP contribution < -0.4 is 15.8 Å². The number of amides is 1. The molecule has 10 heteroatoms. The van der Waals surface area contributed by atoms with Gasteiger partial charge in [-0.25, -0.2) is 0 Å². The van der Waals surface area contributed by atoms with E-state index in [9.17, 15) is 4.79 Å². The summed E-state index contributed by atoms with van der Waals surface area (Å²) in [5.74, 6) is 0.411. The molecule has 0 aliphatic carbocycles. The molecular formula is C26H25N7O3. The highest BCUT2D eigenvalue weighted by Crippen LogP contribution is 2.22. The number of benzene rings is 2. The molecule has 0 bridgehead atoms. The summed E-state index contributed by atoms with van der Waals surface area (Å²) >= 11 is 0. The van der Waals surface area contributed by atoms with E-state index in [0.717, 1.165) is 30.6 Å². The van der Waals surface area contributed by atoms with Crippen molar-refractivity contribution in [1.82, 2.24) is 30.3 Å². The molecule has 5 aromatic rings. The van der Waals surface area contributed by atoms with Crippen LogP contribution >= 0.6 is 0 Å². The maximum Gasteiger partial charge on any atom is 0.254 e. The molecule has 0 saturated carbocycles. The largest absolute Gasteiger partial charge is 0.471 e. The Bertz CT molecular complexity index is 1490. The molecule has 0 spiro atoms. The molecule has 36 heavy (non-hydrogen) atoms. The lowest BCUT2D eigenvalue weighted by molar-refractivity contribution is 0.0994. The molecule has 0 saturated heterocycles. The minimum atomic E-state index is -0.668. The van der Waals surface area contributed by atoms with Crippen molar-refractivity contribution in [2.45, 2.75) is 26.5 Å². The SMILES string of the molecule is Cc1cc(-c2nnc3cc(C(N)=O)c(OCc4cccc(CNCCc5ccccc5)c4)nn23)no1. The standard InChI is InChI=1S/C26H25N7O3/c1-17-12-22(32-36-17)25-30-29-23-14-21(24(27)34)26(31-33(23)25)35-16-20-9-5-8-19(13-20)15-28-11-10-18-6-3-2-4-7-18/h2-9,12-14,28H,10-11,15-16H2,1H3,(H2,27,34). The minimum Gasteiger partial charge on any atom is -0.471 e. The van der Waals surface area contributed by atoms with Crippen LogP contribution in [0.2, 0.25) is 0 Å². The fourth-order valence-electron chi connectivity index (χ4n) is 3.82. The fourth-order valence-corrected chi connectivity index (χ4v) is 3.82. The van der Waals surface area contributed by atoms with Crippen molar-refractivity contribution < 1.29 is 14.1 Å². The Kier molecular flexibility index (Phi) is 6.67. The lowest BCUT2D eigenvalue weighted by Crippen LogP contribution is -2.17. The third-order valence-electron chi connectivity index (χ3n) is 5.61. The molecule has 182 valence electrons. The normalized spacial score (nSPS) is 11.1. The average Bonchev–Trinajstić information content (AvgIpc) is 3.51. The number of fused-ring (bicyclic) bond motifs is 1. The third-order valence-corrected chi connectivity index (χ3v) is 5.61. The number of ether oxygens (including phenoxy) is 1. The van der Waals surface area contributed by atoms with E-state index < -0.39 is 5.91 Å². The second kappa shape index (κ2) is 10.4. The number of hydrogen-bond donors (Lipinski definition) is 2. The number of primary amides is 1. The van der Waals surface area contributed by atoms with E-state index in [4.69, 9.17) is 15.0 Å². The number of aromatic nitrogens is 5. The van der Waals surface area contributed by atoms with Gasteiger partial charge in [0.2, 0.25) is 11.7 Å². The molecule has 0 unspecified atom stereocenters. The molecule has 5 rings (SSSR count). The summed E-state index contributed by atoms with van der Waals surface area (Å²) in [6.45, 7) is 3.60. The first kappa shape index (κ1) is 23.2. The number of rotatable bonds is 10. The molecule has 0 atom stereocenters. The van der Waals surface area contributed by atoms with Gasteiger partial charge < -0.3 is 20.3 Å². The Morgan fingerprint density at radius 3 is 2.61 bits per heavy atom. The number of nitrogens with zero attached hydrogens (tertiary/aromatic N) is 5. The zero-order chi connectivity index (χ0) is 24.9. The molecule has 10 nitrogen and oxygen atoms in total. The van der Waals surface area contributed by atoms with Crippen LogP contribution in [0.1, 0.15) is 32.8 Å². The van der Waals surface area contributed by atoms with Crippen LogP contribution in [0.3, 0.4) is 0 Å². The quantitative estimate of drug-likeness (QED) is 0.290. The summed E-state index contributed by atoms with van der Waals surface area (Å²) in [6.07, 6.45) is 0.965.